The van der Waals surface area contributed by atoms with Gasteiger partial charge < -0.3 is 11.5 Å². The molecule has 0 amide bonds. The molecule has 84 valence electrons. The number of nitrogens with two attached hydrogens (primary N) is 2. The maximum absolute atomic E-state index is 6.05. The van der Waals surface area contributed by atoms with E-state index < -0.39 is 0 Å². The molecule has 2 aromatic rings. The van der Waals surface area contributed by atoms with Crippen molar-refractivity contribution in [1.29, 1.82) is 0 Å². The molecule has 1 aliphatic carbocycles. The minimum Gasteiger partial charge on any atom is -0.383 e. The molecule has 1 heterocycles. The average Bonchev–Trinajstić information content (AvgIpc) is 2.74. The first-order valence-corrected chi connectivity index (χ1v) is 5.92. The van der Waals surface area contributed by atoms with Gasteiger partial charge in [0.1, 0.15) is 12.0 Å². The van der Waals surface area contributed by atoms with E-state index in [1.165, 1.54) is 21.9 Å². The summed E-state index contributed by atoms with van der Waals surface area (Å²) in [6, 6.07) is 8.56. The molecule has 4 N–H and O–H groups in total. The predicted molar refractivity (Wildman–Crippen MR) is 69.0 cm³/mol. The Balaban J connectivity index is 2.26. The fourth-order valence-corrected chi connectivity index (χ4v) is 3.10. The SMILES string of the molecule is NC1=N[C@H](N)c2ccc3c4c(ccc1c24)CC3. The average molecular weight is 223 g/mol. The van der Waals surface area contributed by atoms with E-state index in [0.717, 1.165) is 24.0 Å². The molecule has 0 saturated heterocycles. The van der Waals surface area contributed by atoms with E-state index in [-0.39, 0.29) is 6.17 Å². The maximum Gasteiger partial charge on any atom is 0.128 e. The third-order valence-corrected chi connectivity index (χ3v) is 3.90. The van der Waals surface area contributed by atoms with Crippen LogP contribution in [0.1, 0.15) is 28.4 Å². The molecule has 2 aliphatic rings. The minimum atomic E-state index is -0.313. The molecule has 0 aromatic heterocycles. The monoisotopic (exact) mass is 223 g/mol. The van der Waals surface area contributed by atoms with Gasteiger partial charge in [0.2, 0.25) is 0 Å². The molecule has 3 heteroatoms. The standard InChI is InChI=1S/C14H13N3/c15-13-9-5-3-7-1-2-8-4-6-10(14(16)17-13)12(9)11(7)8/h3-6,13H,1-2,15H2,(H2,16,17)/t13-/m0/s1. The van der Waals surface area contributed by atoms with Gasteiger partial charge in [0.15, 0.2) is 0 Å². The van der Waals surface area contributed by atoms with Crippen LogP contribution in [0.15, 0.2) is 29.3 Å². The van der Waals surface area contributed by atoms with E-state index in [1.807, 2.05) is 0 Å². The molecule has 0 bridgehead atoms. The molecular weight excluding hydrogens is 210 g/mol. The Morgan fingerprint density at radius 2 is 1.71 bits per heavy atom. The van der Waals surface area contributed by atoms with Crippen molar-refractivity contribution < 1.29 is 0 Å². The predicted octanol–water partition coefficient (Wildman–Crippen LogP) is 1.61. The highest BCUT2D eigenvalue weighted by molar-refractivity contribution is 6.13. The highest BCUT2D eigenvalue weighted by Gasteiger charge is 2.24. The molecule has 0 fully saturated rings. The Labute approximate surface area is 99.1 Å². The summed E-state index contributed by atoms with van der Waals surface area (Å²) in [5, 5.41) is 2.60. The van der Waals surface area contributed by atoms with Crippen molar-refractivity contribution in [2.45, 2.75) is 19.0 Å². The Bertz CT molecular complexity index is 675. The van der Waals surface area contributed by atoms with Crippen LogP contribution in [0, 0.1) is 0 Å². The lowest BCUT2D eigenvalue weighted by atomic mass is 9.92. The second kappa shape index (κ2) is 2.87. The number of rotatable bonds is 0. The summed E-state index contributed by atoms with van der Waals surface area (Å²) in [7, 11) is 0. The molecule has 1 atom stereocenters. The van der Waals surface area contributed by atoms with Crippen LogP contribution < -0.4 is 11.5 Å². The summed E-state index contributed by atoms with van der Waals surface area (Å²) in [5.41, 5.74) is 17.0. The van der Waals surface area contributed by atoms with Crippen molar-refractivity contribution in [1.82, 2.24) is 0 Å². The molecule has 0 unspecified atom stereocenters. The quantitative estimate of drug-likeness (QED) is 0.712. The molecular formula is C14H13N3. The molecule has 17 heavy (non-hydrogen) atoms. The first-order valence-electron chi connectivity index (χ1n) is 5.92. The van der Waals surface area contributed by atoms with Crippen molar-refractivity contribution in [3.05, 3.63) is 46.5 Å². The third-order valence-electron chi connectivity index (χ3n) is 3.90. The maximum atomic E-state index is 6.05. The van der Waals surface area contributed by atoms with Gasteiger partial charge in [-0.05, 0) is 40.3 Å². The van der Waals surface area contributed by atoms with Gasteiger partial charge in [0, 0.05) is 5.56 Å². The number of hydrogen-bond acceptors (Lipinski definition) is 3. The van der Waals surface area contributed by atoms with Crippen LogP contribution in [0.3, 0.4) is 0 Å². The lowest BCUT2D eigenvalue weighted by Crippen LogP contribution is -2.23. The van der Waals surface area contributed by atoms with Crippen LogP contribution in [-0.2, 0) is 12.8 Å². The van der Waals surface area contributed by atoms with E-state index in [9.17, 15) is 0 Å². The normalized spacial score (nSPS) is 20.8. The molecule has 0 saturated carbocycles. The van der Waals surface area contributed by atoms with Crippen LogP contribution in [0.5, 0.6) is 0 Å². The minimum absolute atomic E-state index is 0.313. The van der Waals surface area contributed by atoms with Gasteiger partial charge in [-0.15, -0.1) is 0 Å². The first kappa shape index (κ1) is 9.19. The highest BCUT2D eigenvalue weighted by Crippen LogP contribution is 2.38. The number of aliphatic imine (C=N–C) groups is 1. The number of amidine groups is 1. The van der Waals surface area contributed by atoms with Gasteiger partial charge in [-0.25, -0.2) is 4.99 Å². The summed E-state index contributed by atoms with van der Waals surface area (Å²) >= 11 is 0. The number of nitrogens with zero attached hydrogens (tertiary/aromatic N) is 1. The van der Waals surface area contributed by atoms with Gasteiger partial charge in [-0.3, -0.25) is 0 Å². The van der Waals surface area contributed by atoms with Gasteiger partial charge in [-0.2, -0.15) is 0 Å². The second-order valence-corrected chi connectivity index (χ2v) is 4.80. The summed E-state index contributed by atoms with van der Waals surface area (Å²) in [6.45, 7) is 0. The lowest BCUT2D eigenvalue weighted by molar-refractivity contribution is 0.776. The zero-order chi connectivity index (χ0) is 11.6. The summed E-state index contributed by atoms with van der Waals surface area (Å²) in [5.74, 6) is 0.570. The fraction of sp³-hybridized carbons (Fsp3) is 0.214. The topological polar surface area (TPSA) is 64.4 Å². The Hall–Kier alpha value is -1.87. The Morgan fingerprint density at radius 1 is 1.00 bits per heavy atom. The van der Waals surface area contributed by atoms with Crippen LogP contribution in [0.25, 0.3) is 10.8 Å². The fourth-order valence-electron chi connectivity index (χ4n) is 3.10. The lowest BCUT2D eigenvalue weighted by Gasteiger charge is -2.21. The first-order chi connectivity index (χ1) is 8.25. The van der Waals surface area contributed by atoms with Crippen molar-refractivity contribution in [3.63, 3.8) is 0 Å². The van der Waals surface area contributed by atoms with Crippen molar-refractivity contribution in [3.8, 4) is 0 Å². The van der Waals surface area contributed by atoms with Crippen molar-refractivity contribution >= 4 is 16.6 Å². The van der Waals surface area contributed by atoms with E-state index in [4.69, 9.17) is 11.5 Å². The number of aryl methyl sites for hydroxylation is 2. The van der Waals surface area contributed by atoms with Gasteiger partial charge in [-0.1, -0.05) is 24.3 Å². The summed E-state index contributed by atoms with van der Waals surface area (Å²) in [6.07, 6.45) is 1.94. The zero-order valence-corrected chi connectivity index (χ0v) is 9.40. The van der Waals surface area contributed by atoms with Crippen LogP contribution in [0.2, 0.25) is 0 Å². The third kappa shape index (κ3) is 1.02. The second-order valence-electron chi connectivity index (χ2n) is 4.80. The molecule has 2 aromatic carbocycles. The van der Waals surface area contributed by atoms with E-state index in [1.54, 1.807) is 0 Å². The molecule has 4 rings (SSSR count). The zero-order valence-electron chi connectivity index (χ0n) is 9.40. The molecule has 0 radical (unpaired) electrons. The van der Waals surface area contributed by atoms with E-state index in [2.05, 4.69) is 29.3 Å². The number of hydrogen-bond donors (Lipinski definition) is 2. The van der Waals surface area contributed by atoms with E-state index in [0.29, 0.717) is 5.84 Å². The summed E-state index contributed by atoms with van der Waals surface area (Å²) in [4.78, 5) is 4.30. The van der Waals surface area contributed by atoms with Gasteiger partial charge in [0.05, 0.1) is 0 Å². The molecule has 0 spiro atoms. The Morgan fingerprint density at radius 3 is 2.47 bits per heavy atom. The number of benzene rings is 2. The smallest absolute Gasteiger partial charge is 0.128 e. The highest BCUT2D eigenvalue weighted by atomic mass is 15.0. The van der Waals surface area contributed by atoms with Crippen molar-refractivity contribution in [2.75, 3.05) is 0 Å². The molecule has 1 aliphatic heterocycles. The van der Waals surface area contributed by atoms with Crippen LogP contribution >= 0.6 is 0 Å². The Kier molecular flexibility index (Phi) is 1.55. The van der Waals surface area contributed by atoms with Gasteiger partial charge >= 0.3 is 0 Å². The van der Waals surface area contributed by atoms with Crippen LogP contribution in [-0.4, -0.2) is 5.84 Å². The largest absolute Gasteiger partial charge is 0.383 e. The van der Waals surface area contributed by atoms with E-state index >= 15 is 0 Å². The summed E-state index contributed by atoms with van der Waals surface area (Å²) < 4.78 is 0. The van der Waals surface area contributed by atoms with Crippen LogP contribution in [0.4, 0.5) is 0 Å². The molecule has 3 nitrogen and oxygen atoms in total. The van der Waals surface area contributed by atoms with Crippen molar-refractivity contribution in [2.24, 2.45) is 16.5 Å². The van der Waals surface area contributed by atoms with Gasteiger partial charge in [0.25, 0.3) is 0 Å².